The van der Waals surface area contributed by atoms with Crippen molar-refractivity contribution >= 4 is 53.4 Å². The van der Waals surface area contributed by atoms with Crippen LogP contribution < -0.4 is 10.6 Å². The molecule has 1 N–H and O–H groups in total. The first-order valence-corrected chi connectivity index (χ1v) is 10.1. The van der Waals surface area contributed by atoms with Gasteiger partial charge in [0, 0.05) is 15.9 Å². The maximum absolute atomic E-state index is 13.5. The minimum Gasteiger partial charge on any atom is -0.321 e. The number of halogens is 3. The van der Waals surface area contributed by atoms with Gasteiger partial charge in [0.15, 0.2) is 0 Å². The molecule has 4 nitrogen and oxygen atoms in total. The Hall–Kier alpha value is -1.29. The highest BCUT2D eigenvalue weighted by atomic mass is 35.5. The molecule has 25 heavy (non-hydrogen) atoms. The number of carbonyl (C=O) groups is 1. The maximum atomic E-state index is 13.5. The van der Waals surface area contributed by atoms with E-state index in [9.17, 15) is 9.36 Å². The molecule has 0 radical (unpaired) electrons. The Bertz CT molecular complexity index is 819. The number of benzene rings is 2. The summed E-state index contributed by atoms with van der Waals surface area (Å²) in [5.74, 6) is -0.527. The van der Waals surface area contributed by atoms with Gasteiger partial charge in [0.2, 0.25) is 0 Å². The van der Waals surface area contributed by atoms with Gasteiger partial charge in [-0.2, -0.15) is 0 Å². The lowest BCUT2D eigenvalue weighted by Gasteiger charge is -2.22. The minimum atomic E-state index is -3.66. The van der Waals surface area contributed by atoms with Crippen LogP contribution in [0.15, 0.2) is 64.5 Å². The third kappa shape index (κ3) is 4.87. The van der Waals surface area contributed by atoms with Gasteiger partial charge in [-0.1, -0.05) is 53.0 Å². The first kappa shape index (κ1) is 20.0. The second kappa shape index (κ2) is 8.88. The van der Waals surface area contributed by atoms with Gasteiger partial charge < -0.3 is 9.84 Å². The third-order valence-corrected chi connectivity index (χ3v) is 6.64. The van der Waals surface area contributed by atoms with Crippen LogP contribution in [0.25, 0.3) is 0 Å². The first-order chi connectivity index (χ1) is 11.9. The molecule has 0 fully saturated rings. The summed E-state index contributed by atoms with van der Waals surface area (Å²) in [7, 11) is -3.66. The molecule has 0 aromatic heterocycles. The molecular formula is C17H15Cl3NO3P. The van der Waals surface area contributed by atoms with E-state index in [1.54, 1.807) is 49.4 Å². The Morgan fingerprint density at radius 1 is 1.08 bits per heavy atom. The molecule has 0 saturated carbocycles. The highest BCUT2D eigenvalue weighted by Gasteiger charge is 2.34. The van der Waals surface area contributed by atoms with E-state index in [0.29, 0.717) is 15.9 Å². The molecule has 0 heterocycles. The second-order valence-electron chi connectivity index (χ2n) is 4.87. The molecule has 1 atom stereocenters. The summed E-state index contributed by atoms with van der Waals surface area (Å²) in [5, 5.41) is 3.39. The van der Waals surface area contributed by atoms with E-state index in [2.05, 4.69) is 5.32 Å². The standard InChI is InChI=1S/C17H15Cl3NO3P/c1-2-24-25(23,14-6-4-3-5-7-14)17(15(19)20)21-16(22)12-8-10-13(18)11-9-12/h3-11H,2H2,1H3,(H,21,22)/t25-/m0/s1. The van der Waals surface area contributed by atoms with Crippen molar-refractivity contribution in [2.45, 2.75) is 6.92 Å². The summed E-state index contributed by atoms with van der Waals surface area (Å²) < 4.78 is 18.6. The molecule has 0 aliphatic carbocycles. The number of carbonyl (C=O) groups excluding carboxylic acids is 1. The summed E-state index contributed by atoms with van der Waals surface area (Å²) in [6.45, 7) is 1.84. The van der Waals surface area contributed by atoms with Crippen molar-refractivity contribution in [1.82, 2.24) is 5.32 Å². The quantitative estimate of drug-likeness (QED) is 0.647. The van der Waals surface area contributed by atoms with Gasteiger partial charge in [-0.05, 0) is 43.3 Å². The van der Waals surface area contributed by atoms with Crippen LogP contribution in [0.4, 0.5) is 0 Å². The Morgan fingerprint density at radius 2 is 1.68 bits per heavy atom. The molecule has 132 valence electrons. The van der Waals surface area contributed by atoms with Gasteiger partial charge in [-0.25, -0.2) is 0 Å². The molecule has 8 heteroatoms. The maximum Gasteiger partial charge on any atom is 0.279 e. The van der Waals surface area contributed by atoms with Crippen molar-refractivity contribution < 1.29 is 13.9 Å². The summed E-state index contributed by atoms with van der Waals surface area (Å²) in [5.41, 5.74) is 0.149. The Labute approximate surface area is 161 Å². The fraction of sp³-hybridized carbons (Fsp3) is 0.118. The summed E-state index contributed by atoms with van der Waals surface area (Å²) >= 11 is 17.7. The van der Waals surface area contributed by atoms with Crippen LogP contribution in [-0.4, -0.2) is 12.5 Å². The van der Waals surface area contributed by atoms with Crippen LogP contribution >= 0.6 is 42.2 Å². The molecule has 2 rings (SSSR count). The SMILES string of the molecule is CCO[P@](=O)(C(NC(=O)c1ccc(Cl)cc1)=C(Cl)Cl)c1ccccc1. The summed E-state index contributed by atoms with van der Waals surface area (Å²) in [4.78, 5) is 12.5. The lowest BCUT2D eigenvalue weighted by molar-refractivity contribution is 0.0967. The van der Waals surface area contributed by atoms with Crippen molar-refractivity contribution in [3.05, 3.63) is 75.1 Å². The van der Waals surface area contributed by atoms with E-state index in [-0.39, 0.29) is 16.5 Å². The second-order valence-corrected chi connectivity index (χ2v) is 8.59. The number of hydrogen-bond donors (Lipinski definition) is 1. The van der Waals surface area contributed by atoms with Crippen molar-refractivity contribution in [2.75, 3.05) is 6.61 Å². The predicted molar refractivity (Wildman–Crippen MR) is 103 cm³/mol. The van der Waals surface area contributed by atoms with Crippen LogP contribution in [-0.2, 0) is 9.09 Å². The first-order valence-electron chi connectivity index (χ1n) is 7.31. The molecule has 0 spiro atoms. The third-order valence-electron chi connectivity index (χ3n) is 3.22. The molecule has 2 aromatic carbocycles. The van der Waals surface area contributed by atoms with Crippen molar-refractivity contribution in [2.24, 2.45) is 0 Å². The topological polar surface area (TPSA) is 55.4 Å². The average Bonchev–Trinajstić information content (AvgIpc) is 2.60. The van der Waals surface area contributed by atoms with E-state index in [0.717, 1.165) is 0 Å². The highest BCUT2D eigenvalue weighted by Crippen LogP contribution is 2.54. The number of amides is 1. The zero-order valence-corrected chi connectivity index (χ0v) is 16.4. The van der Waals surface area contributed by atoms with Crippen molar-refractivity contribution in [3.63, 3.8) is 0 Å². The van der Waals surface area contributed by atoms with Gasteiger partial charge in [0.25, 0.3) is 13.3 Å². The Balaban J connectivity index is 2.42. The van der Waals surface area contributed by atoms with Crippen LogP contribution in [0.3, 0.4) is 0 Å². The molecular weight excluding hydrogens is 404 g/mol. The fourth-order valence-corrected chi connectivity index (χ4v) is 4.91. The van der Waals surface area contributed by atoms with Crippen LogP contribution in [0.2, 0.25) is 5.02 Å². The van der Waals surface area contributed by atoms with E-state index in [4.69, 9.17) is 39.3 Å². The lowest BCUT2D eigenvalue weighted by atomic mass is 10.2. The zero-order valence-electron chi connectivity index (χ0n) is 13.2. The van der Waals surface area contributed by atoms with E-state index in [1.165, 1.54) is 12.1 Å². The molecule has 0 saturated heterocycles. The van der Waals surface area contributed by atoms with E-state index < -0.39 is 13.3 Å². The van der Waals surface area contributed by atoms with Crippen LogP contribution in [0.1, 0.15) is 17.3 Å². The number of rotatable bonds is 6. The summed E-state index contributed by atoms with van der Waals surface area (Å²) in [6, 6.07) is 14.7. The summed E-state index contributed by atoms with van der Waals surface area (Å²) in [6.07, 6.45) is 0. The van der Waals surface area contributed by atoms with Crippen molar-refractivity contribution in [3.8, 4) is 0 Å². The van der Waals surface area contributed by atoms with Gasteiger partial charge >= 0.3 is 0 Å². The molecule has 0 aliphatic rings. The van der Waals surface area contributed by atoms with Crippen LogP contribution in [0.5, 0.6) is 0 Å². The Morgan fingerprint density at radius 3 is 2.20 bits per heavy atom. The number of hydrogen-bond acceptors (Lipinski definition) is 3. The highest BCUT2D eigenvalue weighted by molar-refractivity contribution is 7.71. The lowest BCUT2D eigenvalue weighted by Crippen LogP contribution is -2.26. The average molecular weight is 419 g/mol. The fourth-order valence-electron chi connectivity index (χ4n) is 2.09. The molecule has 1 amide bonds. The molecule has 0 bridgehead atoms. The minimum absolute atomic E-state index is 0.146. The predicted octanol–water partition coefficient (Wildman–Crippen LogP) is 5.31. The van der Waals surface area contributed by atoms with Gasteiger partial charge in [-0.3, -0.25) is 9.36 Å². The molecule has 2 aromatic rings. The molecule has 0 unspecified atom stereocenters. The largest absolute Gasteiger partial charge is 0.321 e. The normalized spacial score (nSPS) is 13.0. The van der Waals surface area contributed by atoms with Crippen molar-refractivity contribution in [1.29, 1.82) is 0 Å². The van der Waals surface area contributed by atoms with Gasteiger partial charge in [0.1, 0.15) is 9.93 Å². The van der Waals surface area contributed by atoms with Gasteiger partial charge in [-0.15, -0.1) is 0 Å². The Kier molecular flexibility index (Phi) is 7.12. The van der Waals surface area contributed by atoms with E-state index >= 15 is 0 Å². The zero-order chi connectivity index (χ0) is 18.4. The molecule has 0 aliphatic heterocycles. The van der Waals surface area contributed by atoms with Gasteiger partial charge in [0.05, 0.1) is 6.61 Å². The monoisotopic (exact) mass is 417 g/mol. The van der Waals surface area contributed by atoms with Crippen LogP contribution in [0, 0.1) is 0 Å². The van der Waals surface area contributed by atoms with E-state index in [1.807, 2.05) is 0 Å². The number of nitrogens with one attached hydrogen (secondary N) is 1. The smallest absolute Gasteiger partial charge is 0.279 e.